The van der Waals surface area contributed by atoms with E-state index in [4.69, 9.17) is 13.3 Å². The second-order valence-electron chi connectivity index (χ2n) is 8.25. The number of fused-ring (bicyclic) bond motifs is 2. The van der Waals surface area contributed by atoms with Crippen LogP contribution < -0.4 is 0 Å². The number of rotatable bonds is 17. The molecule has 0 aromatic rings. The van der Waals surface area contributed by atoms with Crippen LogP contribution in [0.5, 0.6) is 0 Å². The molecule has 3 nitrogen and oxygen atoms in total. The molecule has 0 aliphatic heterocycles. The number of thioether (sulfide) groups is 2. The predicted octanol–water partition coefficient (Wildman–Crippen LogP) is 6.50. The van der Waals surface area contributed by atoms with E-state index >= 15 is 0 Å². The smallest absolute Gasteiger partial charge is 0.374 e. The van der Waals surface area contributed by atoms with Crippen molar-refractivity contribution in [1.29, 1.82) is 0 Å². The molecule has 0 amide bonds. The minimum absolute atomic E-state index is 0.682. The molecule has 2 aliphatic rings. The Kier molecular flexibility index (Phi) is 12.5. The van der Waals surface area contributed by atoms with Gasteiger partial charge in [0.15, 0.2) is 0 Å². The van der Waals surface area contributed by atoms with E-state index in [9.17, 15) is 0 Å². The number of hydrogen-bond donors (Lipinski definition) is 0. The van der Waals surface area contributed by atoms with Crippen molar-refractivity contribution in [1.82, 2.24) is 0 Å². The summed E-state index contributed by atoms with van der Waals surface area (Å²) in [7, 11) is -2.43. The van der Waals surface area contributed by atoms with Crippen LogP contribution in [0.2, 0.25) is 6.04 Å². The lowest BCUT2D eigenvalue weighted by atomic mass is 9.86. The molecule has 6 heteroatoms. The van der Waals surface area contributed by atoms with E-state index < -0.39 is 8.80 Å². The molecule has 0 saturated heterocycles. The Morgan fingerprint density at radius 2 is 1.54 bits per heavy atom. The van der Waals surface area contributed by atoms with Crippen LogP contribution in [0.25, 0.3) is 0 Å². The molecule has 166 valence electrons. The van der Waals surface area contributed by atoms with E-state index in [1.54, 1.807) is 0 Å². The minimum Gasteiger partial charge on any atom is -0.374 e. The summed E-state index contributed by atoms with van der Waals surface area (Å²) < 4.78 is 17.9. The van der Waals surface area contributed by atoms with Crippen LogP contribution in [-0.4, -0.2) is 51.1 Å². The average Bonchev–Trinajstić information content (AvgIpc) is 3.25. The maximum absolute atomic E-state index is 5.97. The van der Waals surface area contributed by atoms with Gasteiger partial charge in [0.2, 0.25) is 0 Å². The third-order valence-corrected chi connectivity index (χ3v) is 12.0. The minimum atomic E-state index is -2.43. The van der Waals surface area contributed by atoms with Crippen LogP contribution in [0, 0.1) is 17.8 Å². The summed E-state index contributed by atoms with van der Waals surface area (Å²) in [5, 5.41) is 0.982. The first kappa shape index (κ1) is 25.1. The van der Waals surface area contributed by atoms with Gasteiger partial charge >= 0.3 is 8.80 Å². The summed E-state index contributed by atoms with van der Waals surface area (Å²) in [4.78, 5) is 0. The van der Waals surface area contributed by atoms with Gasteiger partial charge in [-0.25, -0.2) is 0 Å². The van der Waals surface area contributed by atoms with Gasteiger partial charge in [-0.3, -0.25) is 0 Å². The summed E-state index contributed by atoms with van der Waals surface area (Å²) >= 11 is 4.43. The Hall–Kier alpha value is 0.797. The Bertz CT molecular complexity index is 396. The third kappa shape index (κ3) is 7.81. The van der Waals surface area contributed by atoms with Crippen molar-refractivity contribution in [2.24, 2.45) is 17.8 Å². The second kappa shape index (κ2) is 14.0. The predicted molar refractivity (Wildman–Crippen MR) is 127 cm³/mol. The topological polar surface area (TPSA) is 27.7 Å². The van der Waals surface area contributed by atoms with Crippen molar-refractivity contribution in [3.05, 3.63) is 0 Å². The van der Waals surface area contributed by atoms with Gasteiger partial charge in [-0.05, 0) is 94.3 Å². The Morgan fingerprint density at radius 1 is 0.821 bits per heavy atom. The van der Waals surface area contributed by atoms with Crippen LogP contribution in [-0.2, 0) is 13.3 Å². The molecular formula is C22H44O3S2Si. The fourth-order valence-corrected chi connectivity index (χ4v) is 10.7. The van der Waals surface area contributed by atoms with E-state index in [1.807, 2.05) is 20.8 Å². The highest BCUT2D eigenvalue weighted by atomic mass is 32.2. The molecule has 0 radical (unpaired) electrons. The highest BCUT2D eigenvalue weighted by Crippen LogP contribution is 2.54. The monoisotopic (exact) mass is 448 g/mol. The zero-order chi connectivity index (χ0) is 20.2. The lowest BCUT2D eigenvalue weighted by molar-refractivity contribution is 0.0712. The Morgan fingerprint density at radius 3 is 2.14 bits per heavy atom. The molecule has 2 saturated carbocycles. The van der Waals surface area contributed by atoms with Gasteiger partial charge in [-0.15, -0.1) is 0 Å². The zero-order valence-electron chi connectivity index (χ0n) is 18.8. The van der Waals surface area contributed by atoms with Crippen molar-refractivity contribution < 1.29 is 13.3 Å². The highest BCUT2D eigenvalue weighted by molar-refractivity contribution is 8.00. The fraction of sp³-hybridized carbons (Fsp3) is 1.00. The van der Waals surface area contributed by atoms with Gasteiger partial charge in [0.25, 0.3) is 0 Å². The van der Waals surface area contributed by atoms with Crippen LogP contribution in [0.3, 0.4) is 0 Å². The molecule has 2 rings (SSSR count). The van der Waals surface area contributed by atoms with E-state index in [2.05, 4.69) is 30.4 Å². The second-order valence-corrected chi connectivity index (χ2v) is 13.6. The fourth-order valence-electron chi connectivity index (χ4n) is 5.06. The van der Waals surface area contributed by atoms with Crippen molar-refractivity contribution in [3.8, 4) is 0 Å². The van der Waals surface area contributed by atoms with Gasteiger partial charge in [0.05, 0.1) is 0 Å². The van der Waals surface area contributed by atoms with Crippen LogP contribution in [0.1, 0.15) is 72.6 Å². The van der Waals surface area contributed by atoms with Crippen molar-refractivity contribution in [2.75, 3.05) is 37.1 Å². The van der Waals surface area contributed by atoms with Gasteiger partial charge in [0, 0.05) is 31.1 Å². The number of unbranched alkanes of at least 4 members (excludes halogenated alkanes) is 1. The normalized spacial score (nSPS) is 27.0. The zero-order valence-corrected chi connectivity index (χ0v) is 21.4. The summed E-state index contributed by atoms with van der Waals surface area (Å²) in [5.41, 5.74) is 0. The molecule has 0 aromatic heterocycles. The lowest BCUT2D eigenvalue weighted by Gasteiger charge is -2.29. The highest BCUT2D eigenvalue weighted by Gasteiger charge is 2.45. The largest absolute Gasteiger partial charge is 0.500 e. The standard InChI is InChI=1S/C22H44O3S2Si/c1-5-9-13-27-22-18-19-16-20(21(22)17-19)11-14-26-12-10-15-28(23-6-2,24-7-3)25-8-4/h19-22H,5-18H2,1-4H3. The molecule has 0 heterocycles. The molecule has 0 N–H and O–H groups in total. The molecule has 28 heavy (non-hydrogen) atoms. The summed E-state index contributed by atoms with van der Waals surface area (Å²) in [6, 6.07) is 0.958. The van der Waals surface area contributed by atoms with Crippen LogP contribution in [0.4, 0.5) is 0 Å². The van der Waals surface area contributed by atoms with E-state index in [-0.39, 0.29) is 0 Å². The lowest BCUT2D eigenvalue weighted by Crippen LogP contribution is -2.46. The molecule has 4 atom stereocenters. The van der Waals surface area contributed by atoms with Gasteiger partial charge < -0.3 is 13.3 Å². The first-order valence-corrected chi connectivity index (χ1v) is 15.9. The average molecular weight is 449 g/mol. The van der Waals surface area contributed by atoms with Gasteiger partial charge in [-0.2, -0.15) is 23.5 Å². The van der Waals surface area contributed by atoms with Gasteiger partial charge in [-0.1, -0.05) is 13.3 Å². The molecule has 2 fully saturated rings. The first-order chi connectivity index (χ1) is 13.7. The Balaban J connectivity index is 1.62. The number of hydrogen-bond acceptors (Lipinski definition) is 5. The van der Waals surface area contributed by atoms with Crippen molar-refractivity contribution in [2.45, 2.75) is 83.9 Å². The maximum Gasteiger partial charge on any atom is 0.500 e. The van der Waals surface area contributed by atoms with Gasteiger partial charge in [0.1, 0.15) is 0 Å². The van der Waals surface area contributed by atoms with Crippen LogP contribution in [0.15, 0.2) is 0 Å². The van der Waals surface area contributed by atoms with E-state index in [0.29, 0.717) is 19.8 Å². The summed E-state index contributed by atoms with van der Waals surface area (Å²) in [6.07, 6.45) is 9.88. The third-order valence-electron chi connectivity index (χ3n) is 6.22. The van der Waals surface area contributed by atoms with E-state index in [0.717, 1.165) is 35.5 Å². The SMILES string of the molecule is CCCCSC1CC2CC(CCSCCC[Si](OCC)(OCC)OCC)C1C2. The molecule has 0 spiro atoms. The maximum atomic E-state index is 5.97. The Labute approximate surface area is 184 Å². The van der Waals surface area contributed by atoms with Crippen LogP contribution >= 0.6 is 23.5 Å². The molecule has 4 unspecified atom stereocenters. The summed E-state index contributed by atoms with van der Waals surface area (Å²) in [5.74, 6) is 7.01. The molecular weight excluding hydrogens is 404 g/mol. The van der Waals surface area contributed by atoms with Crippen molar-refractivity contribution >= 4 is 32.3 Å². The van der Waals surface area contributed by atoms with Crippen molar-refractivity contribution in [3.63, 3.8) is 0 Å². The summed E-state index contributed by atoms with van der Waals surface area (Å²) in [6.45, 7) is 10.5. The molecule has 2 aliphatic carbocycles. The molecule has 0 aromatic carbocycles. The molecule has 2 bridgehead atoms. The quantitative estimate of drug-likeness (QED) is 0.187. The van der Waals surface area contributed by atoms with E-state index in [1.165, 1.54) is 55.8 Å². The first-order valence-electron chi connectivity index (χ1n) is 11.8.